The highest BCUT2D eigenvalue weighted by molar-refractivity contribution is 4.76. The van der Waals surface area contributed by atoms with E-state index in [1.165, 1.54) is 38.5 Å². The van der Waals surface area contributed by atoms with Crippen molar-refractivity contribution in [3.8, 4) is 0 Å². The molecule has 1 heterocycles. The second kappa shape index (κ2) is 5.83. The number of hydrogen-bond acceptors (Lipinski definition) is 3. The molecule has 0 aromatic carbocycles. The van der Waals surface area contributed by atoms with Crippen molar-refractivity contribution in [1.82, 2.24) is 5.32 Å². The van der Waals surface area contributed by atoms with E-state index < -0.39 is 0 Å². The summed E-state index contributed by atoms with van der Waals surface area (Å²) in [6.45, 7) is 3.17. The fraction of sp³-hybridized carbons (Fsp3) is 1.00. The fourth-order valence-electron chi connectivity index (χ4n) is 2.65. The van der Waals surface area contributed by atoms with Crippen molar-refractivity contribution in [3.05, 3.63) is 0 Å². The van der Waals surface area contributed by atoms with Crippen molar-refractivity contribution < 1.29 is 4.74 Å². The third kappa shape index (κ3) is 3.74. The molecule has 0 amide bonds. The van der Waals surface area contributed by atoms with Crippen LogP contribution in [0.25, 0.3) is 0 Å². The minimum Gasteiger partial charge on any atom is -0.377 e. The van der Waals surface area contributed by atoms with Gasteiger partial charge in [0.05, 0.1) is 6.10 Å². The predicted molar refractivity (Wildman–Crippen MR) is 61.8 cm³/mol. The molecule has 1 saturated heterocycles. The first-order valence-electron chi connectivity index (χ1n) is 6.42. The molecule has 1 saturated carbocycles. The van der Waals surface area contributed by atoms with Crippen molar-refractivity contribution in [3.63, 3.8) is 0 Å². The zero-order valence-electron chi connectivity index (χ0n) is 9.58. The van der Waals surface area contributed by atoms with E-state index in [4.69, 9.17) is 10.5 Å². The van der Waals surface area contributed by atoms with Crippen LogP contribution >= 0.6 is 0 Å². The zero-order valence-corrected chi connectivity index (χ0v) is 9.58. The average molecular weight is 212 g/mol. The minimum absolute atomic E-state index is 0.472. The summed E-state index contributed by atoms with van der Waals surface area (Å²) < 4.78 is 5.58. The maximum atomic E-state index is 5.88. The van der Waals surface area contributed by atoms with Crippen LogP contribution in [-0.4, -0.2) is 31.8 Å². The number of rotatable bonds is 4. The number of nitrogens with two attached hydrogens (primary N) is 1. The van der Waals surface area contributed by atoms with Gasteiger partial charge >= 0.3 is 0 Å². The van der Waals surface area contributed by atoms with Gasteiger partial charge in [-0.25, -0.2) is 0 Å². The van der Waals surface area contributed by atoms with Gasteiger partial charge in [0.25, 0.3) is 0 Å². The molecule has 0 aromatic rings. The van der Waals surface area contributed by atoms with E-state index in [9.17, 15) is 0 Å². The third-order valence-corrected chi connectivity index (χ3v) is 3.72. The van der Waals surface area contributed by atoms with Gasteiger partial charge in [0, 0.05) is 19.2 Å². The molecule has 15 heavy (non-hydrogen) atoms. The fourth-order valence-corrected chi connectivity index (χ4v) is 2.65. The molecule has 3 nitrogen and oxygen atoms in total. The Kier molecular flexibility index (Phi) is 4.42. The quantitative estimate of drug-likeness (QED) is 0.738. The third-order valence-electron chi connectivity index (χ3n) is 3.72. The molecule has 0 bridgehead atoms. The Hall–Kier alpha value is -0.120. The summed E-state index contributed by atoms with van der Waals surface area (Å²) >= 11 is 0. The summed E-state index contributed by atoms with van der Waals surface area (Å²) in [5, 5.41) is 3.55. The Bertz CT molecular complexity index is 172. The summed E-state index contributed by atoms with van der Waals surface area (Å²) in [7, 11) is 0. The number of ether oxygens (including phenoxy) is 1. The van der Waals surface area contributed by atoms with E-state index in [2.05, 4.69) is 5.32 Å². The predicted octanol–water partition coefficient (Wildman–Crippen LogP) is 1.27. The number of nitrogens with one attached hydrogen (secondary N) is 1. The Morgan fingerprint density at radius 3 is 2.53 bits per heavy atom. The Balaban J connectivity index is 1.53. The van der Waals surface area contributed by atoms with Crippen LogP contribution in [0.3, 0.4) is 0 Å². The van der Waals surface area contributed by atoms with Crippen LogP contribution in [0, 0.1) is 5.92 Å². The van der Waals surface area contributed by atoms with E-state index >= 15 is 0 Å². The summed E-state index contributed by atoms with van der Waals surface area (Å²) in [6, 6.07) is 0.472. The Labute approximate surface area is 92.7 Å². The van der Waals surface area contributed by atoms with Crippen LogP contribution in [0.2, 0.25) is 0 Å². The van der Waals surface area contributed by atoms with Gasteiger partial charge in [-0.2, -0.15) is 0 Å². The molecule has 0 radical (unpaired) electrons. The first-order chi connectivity index (χ1) is 7.34. The normalized spacial score (nSPS) is 37.0. The lowest BCUT2D eigenvalue weighted by Crippen LogP contribution is -2.34. The molecule has 2 fully saturated rings. The Morgan fingerprint density at radius 1 is 1.07 bits per heavy atom. The highest BCUT2D eigenvalue weighted by Crippen LogP contribution is 2.22. The largest absolute Gasteiger partial charge is 0.377 e. The van der Waals surface area contributed by atoms with Crippen LogP contribution in [-0.2, 0) is 4.74 Å². The SMILES string of the molecule is NC1CCC(CNCC2CCCO2)CC1. The van der Waals surface area contributed by atoms with E-state index in [0.29, 0.717) is 12.1 Å². The van der Waals surface area contributed by atoms with Crippen LogP contribution in [0.1, 0.15) is 38.5 Å². The molecule has 1 aliphatic heterocycles. The Morgan fingerprint density at radius 2 is 1.87 bits per heavy atom. The van der Waals surface area contributed by atoms with Gasteiger partial charge < -0.3 is 15.8 Å². The van der Waals surface area contributed by atoms with Crippen molar-refractivity contribution in [2.45, 2.75) is 50.7 Å². The van der Waals surface area contributed by atoms with Gasteiger partial charge in [-0.05, 0) is 51.0 Å². The topological polar surface area (TPSA) is 47.3 Å². The minimum atomic E-state index is 0.472. The van der Waals surface area contributed by atoms with E-state index in [1.54, 1.807) is 0 Å². The molecule has 2 rings (SSSR count). The van der Waals surface area contributed by atoms with Gasteiger partial charge in [0.1, 0.15) is 0 Å². The highest BCUT2D eigenvalue weighted by Gasteiger charge is 2.19. The van der Waals surface area contributed by atoms with Crippen LogP contribution in [0.15, 0.2) is 0 Å². The molecule has 88 valence electrons. The van der Waals surface area contributed by atoms with Crippen LogP contribution in [0.5, 0.6) is 0 Å². The maximum absolute atomic E-state index is 5.88. The summed E-state index contributed by atoms with van der Waals surface area (Å²) in [4.78, 5) is 0. The van der Waals surface area contributed by atoms with E-state index in [1.807, 2.05) is 0 Å². The van der Waals surface area contributed by atoms with Gasteiger partial charge in [-0.1, -0.05) is 0 Å². The zero-order chi connectivity index (χ0) is 10.5. The smallest absolute Gasteiger partial charge is 0.0700 e. The molecule has 3 N–H and O–H groups in total. The molecular weight excluding hydrogens is 188 g/mol. The lowest BCUT2D eigenvalue weighted by molar-refractivity contribution is 0.108. The lowest BCUT2D eigenvalue weighted by atomic mass is 9.86. The van der Waals surface area contributed by atoms with Gasteiger partial charge in [-0.15, -0.1) is 0 Å². The average Bonchev–Trinajstić information content (AvgIpc) is 2.74. The standard InChI is InChI=1S/C12H24N2O/c13-11-5-3-10(4-6-11)8-14-9-12-2-1-7-15-12/h10-12,14H,1-9,13H2. The van der Waals surface area contributed by atoms with Gasteiger partial charge in [-0.3, -0.25) is 0 Å². The number of hydrogen-bond donors (Lipinski definition) is 2. The van der Waals surface area contributed by atoms with Crippen molar-refractivity contribution in [2.24, 2.45) is 11.7 Å². The highest BCUT2D eigenvalue weighted by atomic mass is 16.5. The van der Waals surface area contributed by atoms with E-state index in [0.717, 1.165) is 25.6 Å². The van der Waals surface area contributed by atoms with Gasteiger partial charge in [0.15, 0.2) is 0 Å². The maximum Gasteiger partial charge on any atom is 0.0700 e. The first kappa shape index (κ1) is 11.4. The second-order valence-electron chi connectivity index (χ2n) is 5.07. The van der Waals surface area contributed by atoms with Crippen molar-refractivity contribution in [1.29, 1.82) is 0 Å². The molecule has 3 heteroatoms. The monoisotopic (exact) mass is 212 g/mol. The molecule has 2 aliphatic rings. The van der Waals surface area contributed by atoms with Crippen molar-refractivity contribution in [2.75, 3.05) is 19.7 Å². The molecule has 0 aromatic heterocycles. The summed E-state index contributed by atoms with van der Waals surface area (Å²) in [5.41, 5.74) is 5.88. The molecule has 1 unspecified atom stereocenters. The van der Waals surface area contributed by atoms with Crippen LogP contribution < -0.4 is 11.1 Å². The lowest BCUT2D eigenvalue weighted by Gasteiger charge is -2.26. The molecule has 1 atom stereocenters. The summed E-state index contributed by atoms with van der Waals surface area (Å²) in [6.07, 6.45) is 8.00. The summed E-state index contributed by atoms with van der Waals surface area (Å²) in [5.74, 6) is 0.853. The molecule has 1 aliphatic carbocycles. The first-order valence-corrected chi connectivity index (χ1v) is 6.42. The van der Waals surface area contributed by atoms with Crippen LogP contribution in [0.4, 0.5) is 0 Å². The molecule has 0 spiro atoms. The second-order valence-corrected chi connectivity index (χ2v) is 5.07. The van der Waals surface area contributed by atoms with E-state index in [-0.39, 0.29) is 0 Å². The van der Waals surface area contributed by atoms with Crippen molar-refractivity contribution >= 4 is 0 Å². The molecular formula is C12H24N2O. The van der Waals surface area contributed by atoms with Gasteiger partial charge in [0.2, 0.25) is 0 Å².